The Labute approximate surface area is 170 Å². The summed E-state index contributed by atoms with van der Waals surface area (Å²) < 4.78 is 0.870. The van der Waals surface area contributed by atoms with Crippen LogP contribution in [0.15, 0.2) is 53.0 Å². The summed E-state index contributed by atoms with van der Waals surface area (Å²) in [5, 5.41) is 2.26. The number of nitrogens with one attached hydrogen (secondary N) is 1. The lowest BCUT2D eigenvalue weighted by Gasteiger charge is -2.15. The minimum Gasteiger partial charge on any atom is -0.325 e. The van der Waals surface area contributed by atoms with E-state index in [1.54, 1.807) is 24.3 Å². The molecule has 3 rings (SSSR count). The van der Waals surface area contributed by atoms with Crippen LogP contribution in [0.25, 0.3) is 0 Å². The average Bonchev–Trinajstić information content (AvgIpc) is 2.94. The third-order valence-electron chi connectivity index (χ3n) is 4.23. The molecule has 0 saturated carbocycles. The first-order chi connectivity index (χ1) is 13.0. The number of hydrogen-bond acceptors (Lipinski definition) is 4. The van der Waals surface area contributed by atoms with Crippen LogP contribution in [0.4, 0.5) is 11.4 Å². The molecular weight excluding hydrogens is 428 g/mol. The Kier molecular flexibility index (Phi) is 6.34. The number of aryl methyl sites for hydroxylation is 1. The smallest absolute Gasteiger partial charge is 0.247 e. The van der Waals surface area contributed by atoms with E-state index >= 15 is 0 Å². The normalized spacial score (nSPS) is 16.7. The highest BCUT2D eigenvalue weighted by molar-refractivity contribution is 9.10. The van der Waals surface area contributed by atoms with Crippen molar-refractivity contribution in [1.82, 2.24) is 0 Å². The van der Waals surface area contributed by atoms with Crippen molar-refractivity contribution in [3.8, 4) is 0 Å². The van der Waals surface area contributed by atoms with Crippen LogP contribution in [-0.2, 0) is 20.8 Å². The molecule has 0 bridgehead atoms. The first-order valence-corrected chi connectivity index (χ1v) is 10.4. The number of carbonyl (C=O) groups excluding carboxylic acids is 3. The topological polar surface area (TPSA) is 66.5 Å². The Morgan fingerprint density at radius 1 is 1.22 bits per heavy atom. The minimum atomic E-state index is -0.531. The molecule has 1 heterocycles. The van der Waals surface area contributed by atoms with Gasteiger partial charge in [-0.1, -0.05) is 41.1 Å². The fourth-order valence-corrected chi connectivity index (χ4v) is 4.16. The van der Waals surface area contributed by atoms with Gasteiger partial charge in [-0.2, -0.15) is 0 Å². The molecular formula is C20H19BrN2O3S. The fraction of sp³-hybridized carbons (Fsp3) is 0.250. The third-order valence-corrected chi connectivity index (χ3v) is 5.92. The highest BCUT2D eigenvalue weighted by Gasteiger charge is 2.40. The van der Waals surface area contributed by atoms with Crippen molar-refractivity contribution in [2.24, 2.45) is 0 Å². The van der Waals surface area contributed by atoms with Gasteiger partial charge in [-0.05, 0) is 42.3 Å². The third kappa shape index (κ3) is 4.78. The largest absolute Gasteiger partial charge is 0.325 e. The van der Waals surface area contributed by atoms with Gasteiger partial charge in [-0.25, -0.2) is 4.90 Å². The van der Waals surface area contributed by atoms with E-state index in [1.165, 1.54) is 16.7 Å². The van der Waals surface area contributed by atoms with Gasteiger partial charge in [0.1, 0.15) is 0 Å². The van der Waals surface area contributed by atoms with Crippen molar-refractivity contribution in [3.63, 3.8) is 0 Å². The molecule has 2 aromatic carbocycles. The number of rotatable bonds is 6. The molecule has 27 heavy (non-hydrogen) atoms. The van der Waals surface area contributed by atoms with Crippen LogP contribution in [-0.4, -0.2) is 28.7 Å². The summed E-state index contributed by atoms with van der Waals surface area (Å²) >= 11 is 4.55. The van der Waals surface area contributed by atoms with Crippen molar-refractivity contribution in [2.45, 2.75) is 25.0 Å². The molecule has 0 radical (unpaired) electrons. The highest BCUT2D eigenvalue weighted by Crippen LogP contribution is 2.30. The summed E-state index contributed by atoms with van der Waals surface area (Å²) in [5.41, 5.74) is 2.42. The summed E-state index contributed by atoms with van der Waals surface area (Å²) in [6, 6.07) is 14.7. The molecule has 1 aliphatic rings. The van der Waals surface area contributed by atoms with Crippen LogP contribution in [0.1, 0.15) is 18.9 Å². The van der Waals surface area contributed by atoms with E-state index in [1.807, 2.05) is 31.2 Å². The van der Waals surface area contributed by atoms with Gasteiger partial charge in [0.15, 0.2) is 0 Å². The molecule has 140 valence electrons. The van der Waals surface area contributed by atoms with Crippen LogP contribution in [0, 0.1) is 0 Å². The number of hydrogen-bond donors (Lipinski definition) is 1. The van der Waals surface area contributed by atoms with Crippen LogP contribution < -0.4 is 10.2 Å². The van der Waals surface area contributed by atoms with Crippen molar-refractivity contribution >= 4 is 56.8 Å². The van der Waals surface area contributed by atoms with Crippen molar-refractivity contribution in [2.75, 3.05) is 16.0 Å². The number of nitrogens with zero attached hydrogens (tertiary/aromatic N) is 1. The van der Waals surface area contributed by atoms with Crippen LogP contribution in [0.5, 0.6) is 0 Å². The van der Waals surface area contributed by atoms with Gasteiger partial charge in [-0.3, -0.25) is 14.4 Å². The maximum absolute atomic E-state index is 12.6. The molecule has 1 saturated heterocycles. The van der Waals surface area contributed by atoms with Gasteiger partial charge in [0.05, 0.1) is 16.7 Å². The van der Waals surface area contributed by atoms with E-state index in [4.69, 9.17) is 0 Å². The summed E-state index contributed by atoms with van der Waals surface area (Å²) in [6.07, 6.45) is 1.01. The molecule has 1 atom stereocenters. The van der Waals surface area contributed by atoms with Crippen LogP contribution in [0.3, 0.4) is 0 Å². The molecule has 1 aliphatic heterocycles. The molecule has 0 spiro atoms. The maximum Gasteiger partial charge on any atom is 0.247 e. The zero-order valence-electron chi connectivity index (χ0n) is 14.8. The molecule has 1 fully saturated rings. The molecule has 2 aromatic rings. The Bertz CT molecular complexity index is 870. The molecule has 3 amide bonds. The predicted molar refractivity (Wildman–Crippen MR) is 112 cm³/mol. The van der Waals surface area contributed by atoms with Crippen LogP contribution >= 0.6 is 27.7 Å². The van der Waals surface area contributed by atoms with Crippen molar-refractivity contribution in [1.29, 1.82) is 0 Å². The lowest BCUT2D eigenvalue weighted by Crippen LogP contribution is -2.31. The van der Waals surface area contributed by atoms with Crippen molar-refractivity contribution in [3.05, 3.63) is 58.6 Å². The number of anilines is 2. The van der Waals surface area contributed by atoms with Gasteiger partial charge < -0.3 is 5.32 Å². The quantitative estimate of drug-likeness (QED) is 0.680. The number of carbonyl (C=O) groups is 3. The lowest BCUT2D eigenvalue weighted by molar-refractivity contribution is -0.121. The second kappa shape index (κ2) is 8.71. The number of halogens is 1. The second-order valence-corrected chi connectivity index (χ2v) is 8.26. The average molecular weight is 447 g/mol. The lowest BCUT2D eigenvalue weighted by atomic mass is 10.1. The Hall–Kier alpha value is -2.12. The standard InChI is InChI=1S/C20H19BrN2O3S/c1-2-13-6-8-16(9-7-13)23-19(25)11-17(20(23)26)27-12-18(24)22-15-5-3-4-14(21)10-15/h3-10,17H,2,11-12H2,1H3,(H,22,24)/t17-/m1/s1. The number of imide groups is 1. The maximum atomic E-state index is 12.6. The first-order valence-electron chi connectivity index (χ1n) is 8.60. The van der Waals surface area contributed by atoms with Gasteiger partial charge in [0.2, 0.25) is 17.7 Å². The Morgan fingerprint density at radius 3 is 2.63 bits per heavy atom. The summed E-state index contributed by atoms with van der Waals surface area (Å²) in [7, 11) is 0. The zero-order valence-corrected chi connectivity index (χ0v) is 17.2. The van der Waals surface area contributed by atoms with Gasteiger partial charge in [0.25, 0.3) is 0 Å². The molecule has 1 N–H and O–H groups in total. The number of amides is 3. The molecule has 7 heteroatoms. The van der Waals surface area contributed by atoms with Crippen LogP contribution in [0.2, 0.25) is 0 Å². The summed E-state index contributed by atoms with van der Waals surface area (Å²) in [5.74, 6) is -0.582. The van der Waals surface area contributed by atoms with E-state index in [0.717, 1.165) is 16.5 Å². The van der Waals surface area contributed by atoms with Gasteiger partial charge >= 0.3 is 0 Å². The minimum absolute atomic E-state index is 0.110. The molecule has 5 nitrogen and oxygen atoms in total. The van der Waals surface area contributed by atoms with E-state index in [2.05, 4.69) is 21.2 Å². The zero-order chi connectivity index (χ0) is 19.4. The Morgan fingerprint density at radius 2 is 1.96 bits per heavy atom. The van der Waals surface area contributed by atoms with E-state index in [0.29, 0.717) is 11.4 Å². The summed E-state index contributed by atoms with van der Waals surface area (Å²) in [4.78, 5) is 38.3. The van der Waals surface area contributed by atoms with E-state index < -0.39 is 5.25 Å². The van der Waals surface area contributed by atoms with Gasteiger partial charge in [-0.15, -0.1) is 11.8 Å². The van der Waals surface area contributed by atoms with E-state index in [-0.39, 0.29) is 29.9 Å². The van der Waals surface area contributed by atoms with E-state index in [9.17, 15) is 14.4 Å². The monoisotopic (exact) mass is 446 g/mol. The SMILES string of the molecule is CCc1ccc(N2C(=O)C[C@@H](SCC(=O)Nc3cccc(Br)c3)C2=O)cc1. The van der Waals surface area contributed by atoms with Crippen molar-refractivity contribution < 1.29 is 14.4 Å². The highest BCUT2D eigenvalue weighted by atomic mass is 79.9. The number of benzene rings is 2. The number of thioether (sulfide) groups is 1. The summed E-state index contributed by atoms with van der Waals surface area (Å²) in [6.45, 7) is 2.05. The second-order valence-electron chi connectivity index (χ2n) is 6.15. The molecule has 0 aromatic heterocycles. The molecule has 0 unspecified atom stereocenters. The predicted octanol–water partition coefficient (Wildman–Crippen LogP) is 4.02. The first kappa shape index (κ1) is 19.6. The Balaban J connectivity index is 1.58. The molecule has 0 aliphatic carbocycles. The fourth-order valence-electron chi connectivity index (χ4n) is 2.83. The van der Waals surface area contributed by atoms with Gasteiger partial charge in [0, 0.05) is 16.6 Å².